The molecule has 33 heavy (non-hydrogen) atoms. The Morgan fingerprint density at radius 2 is 2.09 bits per heavy atom. The van der Waals surface area contributed by atoms with Crippen molar-refractivity contribution in [3.8, 4) is 0 Å². The molecule has 1 atom stereocenters. The molecule has 2 N–H and O–H groups in total. The Labute approximate surface area is 194 Å². The van der Waals surface area contributed by atoms with Gasteiger partial charge in [0, 0.05) is 33.4 Å². The maximum absolute atomic E-state index is 12.7. The quantitative estimate of drug-likeness (QED) is 0.447. The first kappa shape index (κ1) is 25.8. The van der Waals surface area contributed by atoms with Crippen molar-refractivity contribution in [2.45, 2.75) is 19.8 Å². The number of aromatic nitrogens is 2. The van der Waals surface area contributed by atoms with Crippen LogP contribution in [0.2, 0.25) is 0 Å². The van der Waals surface area contributed by atoms with E-state index in [1.54, 1.807) is 49.0 Å². The zero-order chi connectivity index (χ0) is 24.2. The Bertz CT molecular complexity index is 998. The summed E-state index contributed by atoms with van der Waals surface area (Å²) in [6.07, 6.45) is 8.14. The van der Waals surface area contributed by atoms with Crippen LogP contribution in [-0.2, 0) is 20.7 Å². The summed E-state index contributed by atoms with van der Waals surface area (Å²) in [4.78, 5) is 43.0. The molecular weight excluding hydrogens is 422 g/mol. The summed E-state index contributed by atoms with van der Waals surface area (Å²) in [6, 6.07) is 5.24. The highest BCUT2D eigenvalue weighted by molar-refractivity contribution is 5.93. The van der Waals surface area contributed by atoms with Crippen LogP contribution in [0.25, 0.3) is 5.65 Å². The molecule has 0 fully saturated rings. The number of nitrogens with zero attached hydrogens (tertiary/aromatic N) is 3. The first-order valence-electron chi connectivity index (χ1n) is 10.9. The number of allylic oxidation sites excluding steroid dienone is 3. The molecule has 0 bridgehead atoms. The summed E-state index contributed by atoms with van der Waals surface area (Å²) in [6.45, 7) is 7.02. The number of rotatable bonds is 13. The zero-order valence-corrected chi connectivity index (χ0v) is 19.5. The summed E-state index contributed by atoms with van der Waals surface area (Å²) < 4.78 is 6.61. The van der Waals surface area contributed by atoms with E-state index in [-0.39, 0.29) is 36.6 Å². The lowest BCUT2D eigenvalue weighted by Crippen LogP contribution is -2.39. The average molecular weight is 456 g/mol. The van der Waals surface area contributed by atoms with E-state index in [2.05, 4.69) is 29.1 Å². The van der Waals surface area contributed by atoms with Gasteiger partial charge in [-0.3, -0.25) is 18.8 Å². The molecule has 2 rings (SSSR count). The lowest BCUT2D eigenvalue weighted by Gasteiger charge is -2.16. The Hall–Kier alpha value is -3.46. The van der Waals surface area contributed by atoms with Gasteiger partial charge in [0.1, 0.15) is 11.3 Å². The number of pyridine rings is 1. The molecule has 3 amide bonds. The fraction of sp³-hybridized carbons (Fsp3) is 0.417. The van der Waals surface area contributed by atoms with E-state index in [0.717, 1.165) is 6.42 Å². The number of imidazole rings is 1. The maximum Gasteiger partial charge on any atom is 0.268 e. The van der Waals surface area contributed by atoms with Gasteiger partial charge in [-0.05, 0) is 24.5 Å². The highest BCUT2D eigenvalue weighted by Crippen LogP contribution is 2.11. The van der Waals surface area contributed by atoms with Crippen molar-refractivity contribution in [1.82, 2.24) is 24.9 Å². The SMILES string of the molecule is C=C/C=C\CC(C)CNC(=O)c1cccc2nc(CC(=O)NCC(=O)N(C)CCOC)cn12. The number of likely N-dealkylation sites (N-methyl/N-ethyl adjacent to an activating group) is 1. The predicted molar refractivity (Wildman–Crippen MR) is 127 cm³/mol. The van der Waals surface area contributed by atoms with Crippen molar-refractivity contribution in [2.75, 3.05) is 40.4 Å². The number of nitrogens with one attached hydrogen (secondary N) is 2. The molecule has 9 nitrogen and oxygen atoms in total. The number of carbonyl (C=O) groups is 3. The predicted octanol–water partition coefficient (Wildman–Crippen LogP) is 1.60. The summed E-state index contributed by atoms with van der Waals surface area (Å²) in [7, 11) is 3.22. The van der Waals surface area contributed by atoms with Crippen LogP contribution in [0.1, 0.15) is 29.5 Å². The first-order chi connectivity index (χ1) is 15.8. The molecule has 0 radical (unpaired) electrons. The van der Waals surface area contributed by atoms with Gasteiger partial charge in [-0.1, -0.05) is 37.8 Å². The van der Waals surface area contributed by atoms with Crippen molar-refractivity contribution in [2.24, 2.45) is 5.92 Å². The minimum absolute atomic E-state index is 0.00444. The highest BCUT2D eigenvalue weighted by Gasteiger charge is 2.15. The third-order valence-corrected chi connectivity index (χ3v) is 5.03. The third-order valence-electron chi connectivity index (χ3n) is 5.03. The topological polar surface area (TPSA) is 105 Å². The fourth-order valence-corrected chi connectivity index (χ4v) is 3.07. The van der Waals surface area contributed by atoms with Gasteiger partial charge in [0.05, 0.1) is 25.3 Å². The Balaban J connectivity index is 1.95. The molecule has 178 valence electrons. The number of fused-ring (bicyclic) bond motifs is 1. The average Bonchev–Trinajstić information content (AvgIpc) is 3.21. The van der Waals surface area contributed by atoms with Crippen LogP contribution < -0.4 is 10.6 Å². The second-order valence-corrected chi connectivity index (χ2v) is 7.85. The molecule has 2 heterocycles. The van der Waals surface area contributed by atoms with Crippen LogP contribution in [-0.4, -0.2) is 72.4 Å². The van der Waals surface area contributed by atoms with Gasteiger partial charge in [-0.2, -0.15) is 0 Å². The summed E-state index contributed by atoms with van der Waals surface area (Å²) in [5, 5.41) is 5.56. The molecule has 0 aliphatic carbocycles. The van der Waals surface area contributed by atoms with E-state index < -0.39 is 0 Å². The van der Waals surface area contributed by atoms with Gasteiger partial charge in [0.2, 0.25) is 11.8 Å². The summed E-state index contributed by atoms with van der Waals surface area (Å²) >= 11 is 0. The molecule has 0 spiro atoms. The molecule has 2 aromatic rings. The van der Waals surface area contributed by atoms with Gasteiger partial charge >= 0.3 is 0 Å². The van der Waals surface area contributed by atoms with Crippen molar-refractivity contribution >= 4 is 23.4 Å². The molecule has 2 aromatic heterocycles. The number of hydrogen-bond acceptors (Lipinski definition) is 5. The van der Waals surface area contributed by atoms with Crippen LogP contribution in [0.3, 0.4) is 0 Å². The van der Waals surface area contributed by atoms with Crippen LogP contribution in [0.15, 0.2) is 49.2 Å². The minimum atomic E-state index is -0.320. The Morgan fingerprint density at radius 1 is 1.30 bits per heavy atom. The number of methoxy groups -OCH3 is 1. The largest absolute Gasteiger partial charge is 0.383 e. The Kier molecular flexibility index (Phi) is 10.3. The highest BCUT2D eigenvalue weighted by atomic mass is 16.5. The Morgan fingerprint density at radius 3 is 2.82 bits per heavy atom. The van der Waals surface area contributed by atoms with Crippen molar-refractivity contribution < 1.29 is 19.1 Å². The van der Waals surface area contributed by atoms with E-state index in [4.69, 9.17) is 4.74 Å². The summed E-state index contributed by atoms with van der Waals surface area (Å²) in [5.74, 6) is -0.455. The molecule has 0 aromatic carbocycles. The fourth-order valence-electron chi connectivity index (χ4n) is 3.07. The smallest absolute Gasteiger partial charge is 0.268 e. The molecule has 0 aliphatic heterocycles. The lowest BCUT2D eigenvalue weighted by molar-refractivity contribution is -0.132. The molecule has 0 aliphatic rings. The third kappa shape index (κ3) is 8.19. The zero-order valence-electron chi connectivity index (χ0n) is 19.5. The van der Waals surface area contributed by atoms with E-state index in [0.29, 0.717) is 36.7 Å². The van der Waals surface area contributed by atoms with Gasteiger partial charge in [0.25, 0.3) is 5.91 Å². The van der Waals surface area contributed by atoms with Crippen LogP contribution in [0.5, 0.6) is 0 Å². The van der Waals surface area contributed by atoms with Crippen molar-refractivity contribution in [3.63, 3.8) is 0 Å². The van der Waals surface area contributed by atoms with Gasteiger partial charge in [0.15, 0.2) is 0 Å². The molecule has 0 saturated carbocycles. The van der Waals surface area contributed by atoms with Gasteiger partial charge in [-0.15, -0.1) is 0 Å². The van der Waals surface area contributed by atoms with Gasteiger partial charge < -0.3 is 20.3 Å². The molecule has 9 heteroatoms. The second-order valence-electron chi connectivity index (χ2n) is 7.85. The number of hydrogen-bond donors (Lipinski definition) is 2. The molecular formula is C24H33N5O4. The standard InChI is InChI=1S/C24H33N5O4/c1-5-6-7-9-18(2)15-26-24(32)20-10-8-11-21-27-19(17-29(20)21)14-22(30)25-16-23(31)28(3)12-13-33-4/h5-8,10-11,17-18H,1,9,12-16H2,2-4H3,(H,25,30)(H,26,32)/b7-6-. The second kappa shape index (κ2) is 13.2. The van der Waals surface area contributed by atoms with E-state index in [9.17, 15) is 14.4 Å². The van der Waals surface area contributed by atoms with Crippen molar-refractivity contribution in [3.05, 3.63) is 60.6 Å². The number of ether oxygens (including phenoxy) is 1. The maximum atomic E-state index is 12.7. The van der Waals surface area contributed by atoms with E-state index in [1.165, 1.54) is 4.90 Å². The van der Waals surface area contributed by atoms with E-state index >= 15 is 0 Å². The lowest BCUT2D eigenvalue weighted by atomic mass is 10.1. The monoisotopic (exact) mass is 455 g/mol. The van der Waals surface area contributed by atoms with Crippen LogP contribution in [0, 0.1) is 5.92 Å². The van der Waals surface area contributed by atoms with Crippen LogP contribution >= 0.6 is 0 Å². The number of amides is 3. The van der Waals surface area contributed by atoms with Crippen LogP contribution in [0.4, 0.5) is 0 Å². The molecule has 1 unspecified atom stereocenters. The van der Waals surface area contributed by atoms with Crippen molar-refractivity contribution in [1.29, 1.82) is 0 Å². The first-order valence-corrected chi connectivity index (χ1v) is 10.9. The molecule has 0 saturated heterocycles. The minimum Gasteiger partial charge on any atom is -0.383 e. The van der Waals surface area contributed by atoms with Gasteiger partial charge in [-0.25, -0.2) is 4.98 Å². The normalized spacial score (nSPS) is 12.0. The number of carbonyl (C=O) groups excluding carboxylic acids is 3. The van der Waals surface area contributed by atoms with E-state index in [1.807, 2.05) is 12.2 Å². The summed E-state index contributed by atoms with van der Waals surface area (Å²) in [5.41, 5.74) is 1.52.